The van der Waals surface area contributed by atoms with Gasteiger partial charge in [0.1, 0.15) is 5.75 Å². The molecule has 1 amide bonds. The average molecular weight is 341 g/mol. The number of anilines is 1. The highest BCUT2D eigenvalue weighted by Gasteiger charge is 2.53. The zero-order valence-electron chi connectivity index (χ0n) is 13.8. The molecular weight excluding hydrogens is 322 g/mol. The molecule has 6 nitrogen and oxygen atoms in total. The lowest BCUT2D eigenvalue weighted by atomic mass is 10.1. The van der Waals surface area contributed by atoms with E-state index >= 15 is 0 Å². The maximum absolute atomic E-state index is 12.6. The number of ether oxygens (including phenoxy) is 2. The van der Waals surface area contributed by atoms with Crippen LogP contribution >= 0.6 is 0 Å². The number of amides is 1. The Morgan fingerprint density at radius 1 is 1.16 bits per heavy atom. The number of nitrogens with one attached hydrogen (secondary N) is 1. The first-order valence-corrected chi connectivity index (χ1v) is 7.94. The van der Waals surface area contributed by atoms with Gasteiger partial charge in [-0.1, -0.05) is 18.2 Å². The molecule has 1 saturated carbocycles. The molecule has 0 radical (unpaired) electrons. The lowest BCUT2D eigenvalue weighted by Crippen LogP contribution is -2.35. The number of rotatable bonds is 7. The first-order chi connectivity index (χ1) is 12.0. The molecular formula is C19H19NO5. The van der Waals surface area contributed by atoms with Crippen molar-refractivity contribution in [2.45, 2.75) is 25.0 Å². The first kappa shape index (κ1) is 17.0. The highest BCUT2D eigenvalue weighted by Crippen LogP contribution is 2.41. The molecule has 2 aromatic carbocycles. The molecule has 25 heavy (non-hydrogen) atoms. The standard InChI is InChI=1S/C19H19NO5/c1-24-12-13-9-14(17(21)22)11-15(10-13)20-18(23)19(7-8-19)25-16-5-3-2-4-6-16/h2-6,9-11H,7-8,12H2,1H3,(H,20,23)(H,21,22). The summed E-state index contributed by atoms with van der Waals surface area (Å²) in [5.74, 6) is -0.702. The molecule has 6 heteroatoms. The monoisotopic (exact) mass is 341 g/mol. The van der Waals surface area contributed by atoms with Gasteiger partial charge in [-0.05, 0) is 35.9 Å². The van der Waals surface area contributed by atoms with E-state index < -0.39 is 11.6 Å². The molecule has 130 valence electrons. The number of carboxylic acids is 1. The van der Waals surface area contributed by atoms with Gasteiger partial charge in [0.25, 0.3) is 5.91 Å². The fourth-order valence-electron chi connectivity index (χ4n) is 2.59. The van der Waals surface area contributed by atoms with E-state index in [1.165, 1.54) is 19.2 Å². The maximum atomic E-state index is 12.6. The van der Waals surface area contributed by atoms with E-state index in [4.69, 9.17) is 9.47 Å². The van der Waals surface area contributed by atoms with Crippen LogP contribution in [-0.2, 0) is 16.1 Å². The molecule has 1 aliphatic rings. The SMILES string of the molecule is COCc1cc(NC(=O)C2(Oc3ccccc3)CC2)cc(C(=O)O)c1. The highest BCUT2D eigenvalue weighted by molar-refractivity contribution is 6.00. The zero-order valence-corrected chi connectivity index (χ0v) is 13.8. The van der Waals surface area contributed by atoms with Gasteiger partial charge in [-0.2, -0.15) is 0 Å². The second kappa shape index (κ2) is 6.94. The quantitative estimate of drug-likeness (QED) is 0.808. The van der Waals surface area contributed by atoms with Crippen LogP contribution in [0.2, 0.25) is 0 Å². The van der Waals surface area contributed by atoms with Gasteiger partial charge in [-0.25, -0.2) is 4.79 Å². The third-order valence-electron chi connectivity index (χ3n) is 3.98. The number of hydrogen-bond donors (Lipinski definition) is 2. The number of methoxy groups -OCH3 is 1. The molecule has 2 N–H and O–H groups in total. The van der Waals surface area contributed by atoms with Gasteiger partial charge in [-0.3, -0.25) is 4.79 Å². The number of aromatic carboxylic acids is 1. The molecule has 3 rings (SSSR count). The van der Waals surface area contributed by atoms with Crippen molar-refractivity contribution in [2.75, 3.05) is 12.4 Å². The number of hydrogen-bond acceptors (Lipinski definition) is 4. The number of carbonyl (C=O) groups excluding carboxylic acids is 1. The van der Waals surface area contributed by atoms with E-state index in [0.717, 1.165) is 0 Å². The van der Waals surface area contributed by atoms with Gasteiger partial charge in [0, 0.05) is 25.6 Å². The molecule has 2 aromatic rings. The van der Waals surface area contributed by atoms with E-state index in [1.54, 1.807) is 18.2 Å². The van der Waals surface area contributed by atoms with Crippen molar-refractivity contribution in [3.8, 4) is 5.75 Å². The van der Waals surface area contributed by atoms with Crippen molar-refractivity contribution in [1.82, 2.24) is 0 Å². The summed E-state index contributed by atoms with van der Waals surface area (Å²) in [6.07, 6.45) is 1.24. The Labute approximate surface area is 145 Å². The van der Waals surface area contributed by atoms with E-state index in [-0.39, 0.29) is 18.1 Å². The van der Waals surface area contributed by atoms with Crippen molar-refractivity contribution in [3.05, 3.63) is 59.7 Å². The molecule has 0 saturated heterocycles. The Morgan fingerprint density at radius 3 is 2.48 bits per heavy atom. The Hall–Kier alpha value is -2.86. The molecule has 0 spiro atoms. The molecule has 1 fully saturated rings. The Kier molecular flexibility index (Phi) is 4.72. The maximum Gasteiger partial charge on any atom is 0.335 e. The van der Waals surface area contributed by atoms with Gasteiger partial charge in [-0.15, -0.1) is 0 Å². The van der Waals surface area contributed by atoms with Gasteiger partial charge in [0.15, 0.2) is 5.60 Å². The van der Waals surface area contributed by atoms with Crippen molar-refractivity contribution in [2.24, 2.45) is 0 Å². The molecule has 0 unspecified atom stereocenters. The Bertz CT molecular complexity index is 784. The second-order valence-electron chi connectivity index (χ2n) is 6.02. The van der Waals surface area contributed by atoms with Crippen LogP contribution in [0, 0.1) is 0 Å². The van der Waals surface area contributed by atoms with Crippen molar-refractivity contribution in [1.29, 1.82) is 0 Å². The van der Waals surface area contributed by atoms with Crippen LogP contribution in [-0.4, -0.2) is 29.7 Å². The number of carboxylic acid groups (broad SMARTS) is 1. The predicted octanol–water partition coefficient (Wildman–Crippen LogP) is 3.08. The van der Waals surface area contributed by atoms with Crippen molar-refractivity contribution < 1.29 is 24.2 Å². The molecule has 0 aliphatic heterocycles. The summed E-state index contributed by atoms with van der Waals surface area (Å²) in [4.78, 5) is 23.9. The smallest absolute Gasteiger partial charge is 0.335 e. The number of benzene rings is 2. The summed E-state index contributed by atoms with van der Waals surface area (Å²) in [6.45, 7) is 0.260. The Morgan fingerprint density at radius 2 is 1.88 bits per heavy atom. The summed E-state index contributed by atoms with van der Waals surface area (Å²) in [5.41, 5.74) is 0.298. The normalized spacial score (nSPS) is 14.6. The third kappa shape index (κ3) is 3.97. The largest absolute Gasteiger partial charge is 0.478 e. The topological polar surface area (TPSA) is 84.9 Å². The van der Waals surface area contributed by atoms with Crippen LogP contribution in [0.3, 0.4) is 0 Å². The lowest BCUT2D eigenvalue weighted by Gasteiger charge is -2.18. The van der Waals surface area contributed by atoms with Crippen LogP contribution < -0.4 is 10.1 Å². The van der Waals surface area contributed by atoms with Gasteiger partial charge in [0.05, 0.1) is 12.2 Å². The van der Waals surface area contributed by atoms with E-state index in [2.05, 4.69) is 5.32 Å². The first-order valence-electron chi connectivity index (χ1n) is 7.94. The molecule has 0 heterocycles. The second-order valence-corrected chi connectivity index (χ2v) is 6.02. The van der Waals surface area contributed by atoms with Crippen LogP contribution in [0.4, 0.5) is 5.69 Å². The van der Waals surface area contributed by atoms with Crippen molar-refractivity contribution in [3.63, 3.8) is 0 Å². The summed E-state index contributed by atoms with van der Waals surface area (Å²) in [5, 5.41) is 12.0. The minimum atomic E-state index is -1.06. The third-order valence-corrected chi connectivity index (χ3v) is 3.98. The fourth-order valence-corrected chi connectivity index (χ4v) is 2.59. The summed E-state index contributed by atoms with van der Waals surface area (Å²) < 4.78 is 10.9. The fraction of sp³-hybridized carbons (Fsp3) is 0.263. The van der Waals surface area contributed by atoms with Crippen LogP contribution in [0.5, 0.6) is 5.75 Å². The molecule has 1 aliphatic carbocycles. The highest BCUT2D eigenvalue weighted by atomic mass is 16.5. The summed E-state index contributed by atoms with van der Waals surface area (Å²) in [6, 6.07) is 13.8. The minimum absolute atomic E-state index is 0.0960. The van der Waals surface area contributed by atoms with Crippen LogP contribution in [0.1, 0.15) is 28.8 Å². The van der Waals surface area contributed by atoms with Crippen LogP contribution in [0.25, 0.3) is 0 Å². The number of carbonyl (C=O) groups is 2. The average Bonchev–Trinajstić information content (AvgIpc) is 3.36. The summed E-state index contributed by atoms with van der Waals surface area (Å²) in [7, 11) is 1.53. The molecule has 0 atom stereocenters. The van der Waals surface area contributed by atoms with Crippen LogP contribution in [0.15, 0.2) is 48.5 Å². The molecule has 0 bridgehead atoms. The van der Waals surface area contributed by atoms with Gasteiger partial charge in [0.2, 0.25) is 0 Å². The van der Waals surface area contributed by atoms with Crippen molar-refractivity contribution >= 4 is 17.6 Å². The van der Waals surface area contributed by atoms with E-state index in [9.17, 15) is 14.7 Å². The van der Waals surface area contributed by atoms with E-state index in [0.29, 0.717) is 29.8 Å². The van der Waals surface area contributed by atoms with Gasteiger partial charge >= 0.3 is 5.97 Å². The predicted molar refractivity (Wildman–Crippen MR) is 91.8 cm³/mol. The molecule has 0 aromatic heterocycles. The van der Waals surface area contributed by atoms with E-state index in [1.807, 2.05) is 18.2 Å². The van der Waals surface area contributed by atoms with Gasteiger partial charge < -0.3 is 19.9 Å². The number of para-hydroxylation sites is 1. The lowest BCUT2D eigenvalue weighted by molar-refractivity contribution is -0.124. The Balaban J connectivity index is 1.77. The minimum Gasteiger partial charge on any atom is -0.478 e. The summed E-state index contributed by atoms with van der Waals surface area (Å²) >= 11 is 0. The zero-order chi connectivity index (χ0) is 17.9.